The van der Waals surface area contributed by atoms with Crippen molar-refractivity contribution in [3.8, 4) is 6.07 Å². The number of aromatic nitrogens is 1. The molecule has 2 heterocycles. The zero-order chi connectivity index (χ0) is 10.7. The number of hydrogen-bond acceptors (Lipinski definition) is 5. The van der Waals surface area contributed by atoms with E-state index in [4.69, 9.17) is 4.74 Å². The minimum Gasteiger partial charge on any atom is -0.385 e. The molecule has 4 nitrogen and oxygen atoms in total. The number of aliphatic hydroxyl groups excluding tert-OH is 1. The van der Waals surface area contributed by atoms with E-state index < -0.39 is 11.5 Å². The first kappa shape index (κ1) is 10.6. The molecule has 1 aromatic rings. The summed E-state index contributed by atoms with van der Waals surface area (Å²) < 4.78 is 5.29. The number of ether oxygens (including phenoxy) is 1. The fourth-order valence-corrected chi connectivity index (χ4v) is 2.39. The van der Waals surface area contributed by atoms with Crippen molar-refractivity contribution in [2.45, 2.75) is 18.9 Å². The standard InChI is InChI=1S/C10H12N2O2S/c11-5-10(2-1-3-14-6-10)9(13)8-4-15-7-12-8/h4,7,9,13H,1-3,6H2. The molecule has 0 saturated carbocycles. The van der Waals surface area contributed by atoms with Crippen LogP contribution in [0.5, 0.6) is 0 Å². The van der Waals surface area contributed by atoms with E-state index in [2.05, 4.69) is 11.1 Å². The van der Waals surface area contributed by atoms with E-state index in [1.807, 2.05) is 0 Å². The molecule has 80 valence electrons. The topological polar surface area (TPSA) is 66.1 Å². The molecule has 1 aliphatic heterocycles. The van der Waals surface area contributed by atoms with E-state index in [0.29, 0.717) is 25.3 Å². The highest BCUT2D eigenvalue weighted by Gasteiger charge is 2.42. The Balaban J connectivity index is 2.23. The normalized spacial score (nSPS) is 28.3. The Bertz CT molecular complexity index is 352. The summed E-state index contributed by atoms with van der Waals surface area (Å²) in [5.41, 5.74) is 1.42. The summed E-state index contributed by atoms with van der Waals surface area (Å²) in [5.74, 6) is 0. The molecule has 1 aromatic heterocycles. The van der Waals surface area contributed by atoms with Crippen molar-refractivity contribution in [1.82, 2.24) is 4.98 Å². The Kier molecular flexibility index (Phi) is 3.00. The van der Waals surface area contributed by atoms with E-state index in [1.165, 1.54) is 11.3 Å². The molecule has 0 aromatic carbocycles. The Hall–Kier alpha value is -0.960. The number of nitrogens with zero attached hydrogens (tertiary/aromatic N) is 2. The van der Waals surface area contributed by atoms with Gasteiger partial charge in [-0.15, -0.1) is 11.3 Å². The lowest BCUT2D eigenvalue weighted by Gasteiger charge is -2.33. The van der Waals surface area contributed by atoms with Crippen molar-refractivity contribution in [2.24, 2.45) is 5.41 Å². The van der Waals surface area contributed by atoms with Crippen LogP contribution in [0.4, 0.5) is 0 Å². The molecular weight excluding hydrogens is 212 g/mol. The van der Waals surface area contributed by atoms with E-state index in [9.17, 15) is 10.4 Å². The number of rotatable bonds is 2. The third-order valence-corrected chi connectivity index (χ3v) is 3.35. The minimum atomic E-state index is -0.839. The van der Waals surface area contributed by atoms with Crippen molar-refractivity contribution < 1.29 is 9.84 Å². The first-order chi connectivity index (χ1) is 7.28. The molecule has 5 heteroatoms. The smallest absolute Gasteiger partial charge is 0.118 e. The average molecular weight is 224 g/mol. The summed E-state index contributed by atoms with van der Waals surface area (Å²) in [6.45, 7) is 0.968. The van der Waals surface area contributed by atoms with Crippen molar-refractivity contribution in [3.63, 3.8) is 0 Å². The maximum atomic E-state index is 10.1. The first-order valence-electron chi connectivity index (χ1n) is 4.84. The predicted octanol–water partition coefficient (Wildman–Crippen LogP) is 1.50. The third kappa shape index (κ3) is 1.88. The number of nitriles is 1. The lowest BCUT2D eigenvalue weighted by molar-refractivity contribution is -0.0519. The van der Waals surface area contributed by atoms with Gasteiger partial charge in [-0.1, -0.05) is 0 Å². The van der Waals surface area contributed by atoms with E-state index in [0.717, 1.165) is 6.42 Å². The second kappa shape index (κ2) is 4.27. The van der Waals surface area contributed by atoms with Crippen LogP contribution >= 0.6 is 11.3 Å². The van der Waals surface area contributed by atoms with Gasteiger partial charge in [0.1, 0.15) is 11.5 Å². The highest BCUT2D eigenvalue weighted by Crippen LogP contribution is 2.39. The quantitative estimate of drug-likeness (QED) is 0.826. The van der Waals surface area contributed by atoms with Crippen LogP contribution in [0.25, 0.3) is 0 Å². The van der Waals surface area contributed by atoms with Gasteiger partial charge in [-0.3, -0.25) is 0 Å². The summed E-state index contributed by atoms with van der Waals surface area (Å²) >= 11 is 1.42. The highest BCUT2D eigenvalue weighted by molar-refractivity contribution is 7.07. The summed E-state index contributed by atoms with van der Waals surface area (Å²) in [6.07, 6.45) is 0.644. The highest BCUT2D eigenvalue weighted by atomic mass is 32.1. The molecule has 1 aliphatic rings. The molecule has 0 bridgehead atoms. The number of hydrogen-bond donors (Lipinski definition) is 1. The lowest BCUT2D eigenvalue weighted by Crippen LogP contribution is -2.36. The van der Waals surface area contributed by atoms with Crippen LogP contribution in [-0.4, -0.2) is 23.3 Å². The van der Waals surface area contributed by atoms with Crippen LogP contribution in [0, 0.1) is 16.7 Å². The molecule has 2 atom stereocenters. The largest absolute Gasteiger partial charge is 0.385 e. The fourth-order valence-electron chi connectivity index (χ4n) is 1.82. The minimum absolute atomic E-state index is 0.294. The number of aliphatic hydroxyl groups is 1. The van der Waals surface area contributed by atoms with Crippen molar-refractivity contribution >= 4 is 11.3 Å². The van der Waals surface area contributed by atoms with Crippen LogP contribution in [0.15, 0.2) is 10.9 Å². The maximum absolute atomic E-state index is 10.1. The zero-order valence-corrected chi connectivity index (χ0v) is 9.04. The summed E-state index contributed by atoms with van der Waals surface area (Å²) in [5, 5.41) is 21.1. The fraction of sp³-hybridized carbons (Fsp3) is 0.600. The van der Waals surface area contributed by atoms with Crippen LogP contribution in [0.1, 0.15) is 24.6 Å². The van der Waals surface area contributed by atoms with Crippen LogP contribution in [0.2, 0.25) is 0 Å². The predicted molar refractivity (Wildman–Crippen MR) is 55.2 cm³/mol. The van der Waals surface area contributed by atoms with Gasteiger partial charge in [0.25, 0.3) is 0 Å². The molecule has 1 N–H and O–H groups in total. The molecule has 2 unspecified atom stereocenters. The van der Waals surface area contributed by atoms with Gasteiger partial charge in [0.15, 0.2) is 0 Å². The van der Waals surface area contributed by atoms with Crippen LogP contribution < -0.4 is 0 Å². The third-order valence-electron chi connectivity index (χ3n) is 2.75. The second-order valence-electron chi connectivity index (χ2n) is 3.74. The molecule has 1 fully saturated rings. The van der Waals surface area contributed by atoms with Gasteiger partial charge >= 0.3 is 0 Å². The molecule has 0 radical (unpaired) electrons. The first-order valence-corrected chi connectivity index (χ1v) is 5.78. The Labute approximate surface area is 92.1 Å². The summed E-state index contributed by atoms with van der Waals surface area (Å²) in [6, 6.07) is 2.20. The van der Waals surface area contributed by atoms with E-state index in [-0.39, 0.29) is 0 Å². The van der Waals surface area contributed by atoms with Gasteiger partial charge in [-0.2, -0.15) is 5.26 Å². The van der Waals surface area contributed by atoms with Gasteiger partial charge in [-0.05, 0) is 12.8 Å². The van der Waals surface area contributed by atoms with E-state index in [1.54, 1.807) is 10.9 Å². The van der Waals surface area contributed by atoms with Crippen LogP contribution in [-0.2, 0) is 4.74 Å². The molecular formula is C10H12N2O2S. The monoisotopic (exact) mass is 224 g/mol. The molecule has 0 aliphatic carbocycles. The van der Waals surface area contributed by atoms with Gasteiger partial charge < -0.3 is 9.84 Å². The zero-order valence-electron chi connectivity index (χ0n) is 8.22. The van der Waals surface area contributed by atoms with Gasteiger partial charge in [0.2, 0.25) is 0 Å². The van der Waals surface area contributed by atoms with Crippen LogP contribution in [0.3, 0.4) is 0 Å². The van der Waals surface area contributed by atoms with Gasteiger partial charge in [0.05, 0.1) is 23.9 Å². The summed E-state index contributed by atoms with van der Waals surface area (Å²) in [7, 11) is 0. The average Bonchev–Trinajstić information content (AvgIpc) is 2.82. The molecule has 0 spiro atoms. The molecule has 1 saturated heterocycles. The van der Waals surface area contributed by atoms with Gasteiger partial charge in [-0.25, -0.2) is 4.98 Å². The lowest BCUT2D eigenvalue weighted by atomic mass is 9.78. The van der Waals surface area contributed by atoms with Crippen molar-refractivity contribution in [3.05, 3.63) is 16.6 Å². The molecule has 2 rings (SSSR count). The number of thiazole rings is 1. The Morgan fingerprint density at radius 1 is 1.73 bits per heavy atom. The molecule has 0 amide bonds. The second-order valence-corrected chi connectivity index (χ2v) is 4.46. The van der Waals surface area contributed by atoms with Gasteiger partial charge in [0, 0.05) is 12.0 Å². The maximum Gasteiger partial charge on any atom is 0.118 e. The van der Waals surface area contributed by atoms with E-state index >= 15 is 0 Å². The SMILES string of the molecule is N#CC1(C(O)c2cscn2)CCCOC1. The Morgan fingerprint density at radius 2 is 2.60 bits per heavy atom. The van der Waals surface area contributed by atoms with Crippen molar-refractivity contribution in [2.75, 3.05) is 13.2 Å². The molecule has 15 heavy (non-hydrogen) atoms. The van der Waals surface area contributed by atoms with Crippen molar-refractivity contribution in [1.29, 1.82) is 5.26 Å². The Morgan fingerprint density at radius 3 is 3.13 bits per heavy atom. The summed E-state index contributed by atoms with van der Waals surface area (Å²) in [4.78, 5) is 4.05.